The molecule has 28 heavy (non-hydrogen) atoms. The Bertz CT molecular complexity index is 963. The van der Waals surface area contributed by atoms with Gasteiger partial charge in [-0.1, -0.05) is 6.07 Å². The molecule has 0 spiro atoms. The SMILES string of the molecule is COc1ccc(NC(=O)c2cc(NCc3cccnc3)nc(C)n2)cc1OC. The third-order valence-electron chi connectivity index (χ3n) is 3.91. The number of methoxy groups -OCH3 is 2. The zero-order valence-electron chi connectivity index (χ0n) is 15.9. The number of ether oxygens (including phenoxy) is 2. The van der Waals surface area contributed by atoms with Crippen LogP contribution in [0.25, 0.3) is 0 Å². The maximum absolute atomic E-state index is 12.6. The topological polar surface area (TPSA) is 98.3 Å². The molecule has 2 N–H and O–H groups in total. The molecule has 0 aliphatic heterocycles. The average molecular weight is 379 g/mol. The Morgan fingerprint density at radius 1 is 1.07 bits per heavy atom. The zero-order valence-corrected chi connectivity index (χ0v) is 15.9. The molecule has 1 aromatic carbocycles. The van der Waals surface area contributed by atoms with Gasteiger partial charge in [-0.25, -0.2) is 9.97 Å². The number of aromatic nitrogens is 3. The van der Waals surface area contributed by atoms with E-state index in [1.165, 1.54) is 7.11 Å². The van der Waals surface area contributed by atoms with Crippen LogP contribution in [0.4, 0.5) is 11.5 Å². The highest BCUT2D eigenvalue weighted by atomic mass is 16.5. The van der Waals surface area contributed by atoms with E-state index in [0.29, 0.717) is 35.4 Å². The van der Waals surface area contributed by atoms with Crippen molar-refractivity contribution in [2.45, 2.75) is 13.5 Å². The summed E-state index contributed by atoms with van der Waals surface area (Å²) in [6.07, 6.45) is 3.49. The Kier molecular flexibility index (Phi) is 6.01. The third-order valence-corrected chi connectivity index (χ3v) is 3.91. The lowest BCUT2D eigenvalue weighted by molar-refractivity contribution is 0.102. The lowest BCUT2D eigenvalue weighted by Crippen LogP contribution is -2.16. The number of nitrogens with zero attached hydrogens (tertiary/aromatic N) is 3. The Balaban J connectivity index is 1.74. The fourth-order valence-electron chi connectivity index (χ4n) is 2.58. The van der Waals surface area contributed by atoms with Crippen molar-refractivity contribution in [3.63, 3.8) is 0 Å². The Labute approximate surface area is 163 Å². The van der Waals surface area contributed by atoms with Crippen LogP contribution in [0.15, 0.2) is 48.8 Å². The van der Waals surface area contributed by atoms with Crippen LogP contribution in [0.5, 0.6) is 11.5 Å². The molecule has 3 aromatic rings. The predicted molar refractivity (Wildman–Crippen MR) is 106 cm³/mol. The molecular weight excluding hydrogens is 358 g/mol. The summed E-state index contributed by atoms with van der Waals surface area (Å²) in [6, 6.07) is 10.6. The van der Waals surface area contributed by atoms with Crippen molar-refractivity contribution in [2.24, 2.45) is 0 Å². The number of anilines is 2. The van der Waals surface area contributed by atoms with Gasteiger partial charge in [0.25, 0.3) is 5.91 Å². The van der Waals surface area contributed by atoms with Gasteiger partial charge in [-0.15, -0.1) is 0 Å². The van der Waals surface area contributed by atoms with E-state index in [-0.39, 0.29) is 11.6 Å². The summed E-state index contributed by atoms with van der Waals surface area (Å²) < 4.78 is 10.5. The second kappa shape index (κ2) is 8.81. The lowest BCUT2D eigenvalue weighted by atomic mass is 10.2. The maximum Gasteiger partial charge on any atom is 0.274 e. The summed E-state index contributed by atoms with van der Waals surface area (Å²) in [6.45, 7) is 2.28. The number of aryl methyl sites for hydroxylation is 1. The van der Waals surface area contributed by atoms with Gasteiger partial charge >= 0.3 is 0 Å². The number of rotatable bonds is 7. The average Bonchev–Trinajstić information content (AvgIpc) is 2.72. The van der Waals surface area contributed by atoms with Crippen molar-refractivity contribution in [3.05, 3.63) is 65.9 Å². The van der Waals surface area contributed by atoms with Crippen molar-refractivity contribution >= 4 is 17.4 Å². The molecule has 8 nitrogen and oxygen atoms in total. The summed E-state index contributed by atoms with van der Waals surface area (Å²) in [5, 5.41) is 6.00. The first-order chi connectivity index (χ1) is 13.6. The van der Waals surface area contributed by atoms with Crippen LogP contribution in [0.2, 0.25) is 0 Å². The highest BCUT2D eigenvalue weighted by Crippen LogP contribution is 2.29. The van der Waals surface area contributed by atoms with Crippen LogP contribution in [0.3, 0.4) is 0 Å². The minimum absolute atomic E-state index is 0.260. The highest BCUT2D eigenvalue weighted by Gasteiger charge is 2.13. The molecule has 0 aliphatic rings. The van der Waals surface area contributed by atoms with E-state index in [2.05, 4.69) is 25.6 Å². The fourth-order valence-corrected chi connectivity index (χ4v) is 2.58. The van der Waals surface area contributed by atoms with Crippen LogP contribution < -0.4 is 20.1 Å². The second-order valence-electron chi connectivity index (χ2n) is 5.92. The summed E-state index contributed by atoms with van der Waals surface area (Å²) in [4.78, 5) is 25.3. The normalized spacial score (nSPS) is 10.2. The molecule has 1 amide bonds. The molecule has 144 valence electrons. The molecule has 0 unspecified atom stereocenters. The molecule has 0 saturated carbocycles. The number of hydrogen-bond acceptors (Lipinski definition) is 7. The van der Waals surface area contributed by atoms with E-state index in [1.807, 2.05) is 12.1 Å². The minimum atomic E-state index is -0.345. The molecule has 0 atom stereocenters. The third kappa shape index (κ3) is 4.73. The van der Waals surface area contributed by atoms with Crippen molar-refractivity contribution in [1.82, 2.24) is 15.0 Å². The molecule has 2 aromatic heterocycles. The van der Waals surface area contributed by atoms with E-state index in [0.717, 1.165) is 5.56 Å². The van der Waals surface area contributed by atoms with Crippen LogP contribution in [-0.4, -0.2) is 35.1 Å². The molecule has 0 fully saturated rings. The first-order valence-electron chi connectivity index (χ1n) is 8.61. The standard InChI is InChI=1S/C20H21N5O3/c1-13-23-16(10-19(24-13)22-12-14-5-4-8-21-11-14)20(26)25-15-6-7-17(27-2)18(9-15)28-3/h4-11H,12H2,1-3H3,(H,25,26)(H,22,23,24). The van der Waals surface area contributed by atoms with Gasteiger partial charge in [-0.2, -0.15) is 0 Å². The van der Waals surface area contributed by atoms with Gasteiger partial charge in [0.15, 0.2) is 11.5 Å². The van der Waals surface area contributed by atoms with Gasteiger partial charge in [0.1, 0.15) is 17.3 Å². The largest absolute Gasteiger partial charge is 0.493 e. The summed E-state index contributed by atoms with van der Waals surface area (Å²) in [7, 11) is 3.09. The number of carbonyl (C=O) groups is 1. The fraction of sp³-hybridized carbons (Fsp3) is 0.200. The van der Waals surface area contributed by atoms with Crippen LogP contribution in [0.1, 0.15) is 21.9 Å². The van der Waals surface area contributed by atoms with E-state index in [9.17, 15) is 4.79 Å². The first-order valence-corrected chi connectivity index (χ1v) is 8.61. The molecule has 3 rings (SSSR count). The Hall–Kier alpha value is -3.68. The van der Waals surface area contributed by atoms with Gasteiger partial charge in [-0.05, 0) is 30.7 Å². The summed E-state index contributed by atoms with van der Waals surface area (Å²) in [5.41, 5.74) is 1.84. The molecule has 0 aliphatic carbocycles. The van der Waals surface area contributed by atoms with Gasteiger partial charge < -0.3 is 20.1 Å². The van der Waals surface area contributed by atoms with Gasteiger partial charge in [0.05, 0.1) is 14.2 Å². The number of amides is 1. The number of hydrogen-bond donors (Lipinski definition) is 2. The molecule has 0 bridgehead atoms. The van der Waals surface area contributed by atoms with Crippen molar-refractivity contribution < 1.29 is 14.3 Å². The van der Waals surface area contributed by atoms with Crippen LogP contribution >= 0.6 is 0 Å². The van der Waals surface area contributed by atoms with E-state index in [4.69, 9.17) is 9.47 Å². The monoisotopic (exact) mass is 379 g/mol. The maximum atomic E-state index is 12.6. The van der Waals surface area contributed by atoms with Gasteiger partial charge in [0, 0.05) is 36.8 Å². The molecule has 0 radical (unpaired) electrons. The number of nitrogens with one attached hydrogen (secondary N) is 2. The summed E-state index contributed by atoms with van der Waals surface area (Å²) in [5.74, 6) is 1.82. The molecule has 2 heterocycles. The number of benzene rings is 1. The van der Waals surface area contributed by atoms with Crippen molar-refractivity contribution in [2.75, 3.05) is 24.9 Å². The Morgan fingerprint density at radius 2 is 1.89 bits per heavy atom. The van der Waals surface area contributed by atoms with Crippen molar-refractivity contribution in [1.29, 1.82) is 0 Å². The zero-order chi connectivity index (χ0) is 19.9. The van der Waals surface area contributed by atoms with Crippen molar-refractivity contribution in [3.8, 4) is 11.5 Å². The van der Waals surface area contributed by atoms with E-state index >= 15 is 0 Å². The predicted octanol–water partition coefficient (Wildman–Crippen LogP) is 3.06. The highest BCUT2D eigenvalue weighted by molar-refractivity contribution is 6.03. The number of carbonyl (C=O) groups excluding carboxylic acids is 1. The minimum Gasteiger partial charge on any atom is -0.493 e. The lowest BCUT2D eigenvalue weighted by Gasteiger charge is -2.11. The molecule has 8 heteroatoms. The summed E-state index contributed by atoms with van der Waals surface area (Å²) >= 11 is 0. The molecular formula is C20H21N5O3. The van der Waals surface area contributed by atoms with Gasteiger partial charge in [0.2, 0.25) is 0 Å². The van der Waals surface area contributed by atoms with Crippen LogP contribution in [0, 0.1) is 6.92 Å². The quantitative estimate of drug-likeness (QED) is 0.651. The first kappa shape index (κ1) is 19.1. The number of pyridine rings is 1. The van der Waals surface area contributed by atoms with Crippen LogP contribution in [-0.2, 0) is 6.54 Å². The second-order valence-corrected chi connectivity index (χ2v) is 5.92. The molecule has 0 saturated heterocycles. The van der Waals surface area contributed by atoms with E-state index < -0.39 is 0 Å². The Morgan fingerprint density at radius 3 is 2.61 bits per heavy atom. The van der Waals surface area contributed by atoms with E-state index in [1.54, 1.807) is 50.7 Å². The smallest absolute Gasteiger partial charge is 0.274 e. The van der Waals surface area contributed by atoms with Gasteiger partial charge in [-0.3, -0.25) is 9.78 Å².